The number of hydrogen-bond acceptors (Lipinski definition) is 7. The third kappa shape index (κ3) is 4.93. The van der Waals surface area contributed by atoms with E-state index in [1.165, 1.54) is 4.31 Å². The molecule has 0 bridgehead atoms. The number of nitrogens with one attached hydrogen (secondary N) is 1. The van der Waals surface area contributed by atoms with Gasteiger partial charge in [-0.25, -0.2) is 17.7 Å². The SMILES string of the molecule is Cc1nc(N[C@@H]2CCCN(S(C)(=O)=O)C2)nnc1-c1ccc(C(F)(F)F)cc1O. The molecule has 3 rings (SSSR count). The largest absolute Gasteiger partial charge is 0.507 e. The molecule has 1 aliphatic rings. The summed E-state index contributed by atoms with van der Waals surface area (Å²) >= 11 is 0. The van der Waals surface area contributed by atoms with Gasteiger partial charge in [0.2, 0.25) is 16.0 Å². The summed E-state index contributed by atoms with van der Waals surface area (Å²) in [5.74, 6) is -0.395. The van der Waals surface area contributed by atoms with Crippen LogP contribution in [0.5, 0.6) is 5.75 Å². The third-order valence-electron chi connectivity index (χ3n) is 4.63. The fourth-order valence-corrected chi connectivity index (χ4v) is 4.08. The molecular formula is C17H20F3N5O3S. The summed E-state index contributed by atoms with van der Waals surface area (Å²) in [5, 5.41) is 21.0. The zero-order chi connectivity index (χ0) is 21.4. The van der Waals surface area contributed by atoms with E-state index in [9.17, 15) is 26.7 Å². The zero-order valence-electron chi connectivity index (χ0n) is 15.7. The van der Waals surface area contributed by atoms with E-state index in [-0.39, 0.29) is 29.8 Å². The molecule has 0 saturated carbocycles. The Kier molecular flexibility index (Phi) is 5.68. The van der Waals surface area contributed by atoms with E-state index in [1.807, 2.05) is 0 Å². The van der Waals surface area contributed by atoms with Crippen LogP contribution >= 0.6 is 0 Å². The number of aromatic hydroxyl groups is 1. The van der Waals surface area contributed by atoms with Crippen LogP contribution in [0.2, 0.25) is 0 Å². The normalized spacial score (nSPS) is 18.6. The smallest absolute Gasteiger partial charge is 0.416 e. The average Bonchev–Trinajstić information content (AvgIpc) is 2.61. The van der Waals surface area contributed by atoms with Gasteiger partial charge in [-0.15, -0.1) is 10.2 Å². The molecule has 2 aromatic rings. The molecule has 0 radical (unpaired) electrons. The molecule has 0 spiro atoms. The number of benzene rings is 1. The Hall–Kier alpha value is -2.47. The average molecular weight is 431 g/mol. The topological polar surface area (TPSA) is 108 Å². The number of piperidine rings is 1. The van der Waals surface area contributed by atoms with E-state index < -0.39 is 27.5 Å². The summed E-state index contributed by atoms with van der Waals surface area (Å²) in [5.41, 5.74) is -0.372. The molecule has 0 aliphatic carbocycles. The number of phenolic OH excluding ortho intramolecular Hbond substituents is 1. The Morgan fingerprint density at radius 1 is 1.28 bits per heavy atom. The Morgan fingerprint density at radius 3 is 2.59 bits per heavy atom. The zero-order valence-corrected chi connectivity index (χ0v) is 16.5. The van der Waals surface area contributed by atoms with E-state index in [1.54, 1.807) is 6.92 Å². The predicted octanol–water partition coefficient (Wildman–Crippen LogP) is 2.41. The molecule has 1 fully saturated rings. The van der Waals surface area contributed by atoms with Crippen molar-refractivity contribution in [3.8, 4) is 17.0 Å². The minimum absolute atomic E-state index is 0.0861. The highest BCUT2D eigenvalue weighted by Gasteiger charge is 2.31. The highest BCUT2D eigenvalue weighted by Crippen LogP contribution is 2.36. The molecule has 2 N–H and O–H groups in total. The molecule has 1 aromatic heterocycles. The second kappa shape index (κ2) is 7.75. The molecule has 8 nitrogen and oxygen atoms in total. The number of aromatic nitrogens is 3. The van der Waals surface area contributed by atoms with Crippen LogP contribution < -0.4 is 5.32 Å². The Bertz CT molecular complexity index is 1010. The standard InChI is InChI=1S/C17H20F3N5O3S/c1-10-15(13-6-5-11(8-14(13)26)17(18,19)20)23-24-16(21-10)22-12-4-3-7-25(9-12)29(2,27)28/h5-6,8,12,26H,3-4,7,9H2,1-2H3,(H,21,22,24)/t12-/m1/s1. The van der Waals surface area contributed by atoms with Gasteiger partial charge in [-0.1, -0.05) is 0 Å². The number of rotatable bonds is 4. The number of aryl methyl sites for hydroxylation is 1. The molecule has 1 aliphatic heterocycles. The molecule has 1 atom stereocenters. The number of halogens is 3. The van der Waals surface area contributed by atoms with Crippen molar-refractivity contribution in [3.05, 3.63) is 29.5 Å². The third-order valence-corrected chi connectivity index (χ3v) is 5.90. The van der Waals surface area contributed by atoms with Crippen molar-refractivity contribution in [3.63, 3.8) is 0 Å². The van der Waals surface area contributed by atoms with Crippen LogP contribution in [0, 0.1) is 6.92 Å². The van der Waals surface area contributed by atoms with Gasteiger partial charge in [-0.3, -0.25) is 0 Å². The van der Waals surface area contributed by atoms with Gasteiger partial charge in [-0.2, -0.15) is 13.2 Å². The number of alkyl halides is 3. The summed E-state index contributed by atoms with van der Waals surface area (Å²) in [6.07, 6.45) is -1.99. The van der Waals surface area contributed by atoms with Crippen molar-refractivity contribution >= 4 is 16.0 Å². The van der Waals surface area contributed by atoms with Crippen molar-refractivity contribution in [1.82, 2.24) is 19.5 Å². The summed E-state index contributed by atoms with van der Waals surface area (Å²) in [6.45, 7) is 2.33. The minimum atomic E-state index is -4.57. The maximum Gasteiger partial charge on any atom is 0.416 e. The maximum atomic E-state index is 12.8. The van der Waals surface area contributed by atoms with Gasteiger partial charge in [0.1, 0.15) is 11.4 Å². The molecular weight excluding hydrogens is 411 g/mol. The summed E-state index contributed by atoms with van der Waals surface area (Å²) in [7, 11) is -3.29. The molecule has 2 heterocycles. The van der Waals surface area contributed by atoms with Gasteiger partial charge >= 0.3 is 6.18 Å². The molecule has 1 saturated heterocycles. The van der Waals surface area contributed by atoms with Gasteiger partial charge in [0.05, 0.1) is 17.5 Å². The second-order valence-corrected chi connectivity index (χ2v) is 8.89. The van der Waals surface area contributed by atoms with E-state index in [0.29, 0.717) is 24.7 Å². The Morgan fingerprint density at radius 2 is 2.00 bits per heavy atom. The minimum Gasteiger partial charge on any atom is -0.507 e. The van der Waals surface area contributed by atoms with Crippen LogP contribution in [0.4, 0.5) is 19.1 Å². The Labute approximate surface area is 165 Å². The van der Waals surface area contributed by atoms with Crippen molar-refractivity contribution in [2.75, 3.05) is 24.7 Å². The van der Waals surface area contributed by atoms with Gasteiger partial charge in [0.15, 0.2) is 0 Å². The maximum absolute atomic E-state index is 12.8. The first-order chi connectivity index (χ1) is 13.4. The van der Waals surface area contributed by atoms with Crippen LogP contribution in [0.3, 0.4) is 0 Å². The monoisotopic (exact) mass is 431 g/mol. The lowest BCUT2D eigenvalue weighted by Gasteiger charge is -2.31. The van der Waals surface area contributed by atoms with E-state index >= 15 is 0 Å². The van der Waals surface area contributed by atoms with Crippen LogP contribution in [0.15, 0.2) is 18.2 Å². The van der Waals surface area contributed by atoms with Crippen molar-refractivity contribution < 1.29 is 26.7 Å². The van der Waals surface area contributed by atoms with Crippen molar-refractivity contribution in [2.45, 2.75) is 32.0 Å². The van der Waals surface area contributed by atoms with E-state index in [0.717, 1.165) is 24.8 Å². The summed E-state index contributed by atoms with van der Waals surface area (Å²) in [6, 6.07) is 2.41. The van der Waals surface area contributed by atoms with Crippen LogP contribution in [0.25, 0.3) is 11.3 Å². The lowest BCUT2D eigenvalue weighted by Crippen LogP contribution is -2.44. The van der Waals surface area contributed by atoms with Crippen LogP contribution in [-0.4, -0.2) is 58.4 Å². The van der Waals surface area contributed by atoms with Gasteiger partial charge in [0, 0.05) is 24.7 Å². The number of anilines is 1. The number of phenols is 1. The number of sulfonamides is 1. The van der Waals surface area contributed by atoms with Crippen LogP contribution in [-0.2, 0) is 16.2 Å². The fourth-order valence-electron chi connectivity index (χ4n) is 3.17. The Balaban J connectivity index is 1.79. The highest BCUT2D eigenvalue weighted by atomic mass is 32.2. The molecule has 0 amide bonds. The fraction of sp³-hybridized carbons (Fsp3) is 0.471. The van der Waals surface area contributed by atoms with E-state index in [4.69, 9.17) is 0 Å². The number of hydrogen-bond donors (Lipinski definition) is 2. The lowest BCUT2D eigenvalue weighted by atomic mass is 10.1. The second-order valence-electron chi connectivity index (χ2n) is 6.90. The first kappa shape index (κ1) is 21.2. The predicted molar refractivity (Wildman–Crippen MR) is 99.7 cm³/mol. The quantitative estimate of drug-likeness (QED) is 0.765. The first-order valence-electron chi connectivity index (χ1n) is 8.78. The first-order valence-corrected chi connectivity index (χ1v) is 10.6. The van der Waals surface area contributed by atoms with Crippen molar-refractivity contribution in [2.24, 2.45) is 0 Å². The molecule has 1 aromatic carbocycles. The van der Waals surface area contributed by atoms with E-state index in [2.05, 4.69) is 20.5 Å². The van der Waals surface area contributed by atoms with Gasteiger partial charge in [-0.05, 0) is 38.0 Å². The molecule has 0 unspecified atom stereocenters. The van der Waals surface area contributed by atoms with Crippen LogP contribution in [0.1, 0.15) is 24.1 Å². The summed E-state index contributed by atoms with van der Waals surface area (Å²) < 4.78 is 63.1. The highest BCUT2D eigenvalue weighted by molar-refractivity contribution is 7.88. The number of nitrogens with zero attached hydrogens (tertiary/aromatic N) is 4. The van der Waals surface area contributed by atoms with Gasteiger partial charge in [0.25, 0.3) is 0 Å². The summed E-state index contributed by atoms with van der Waals surface area (Å²) in [4.78, 5) is 4.26. The lowest BCUT2D eigenvalue weighted by molar-refractivity contribution is -0.137. The molecule has 12 heteroatoms. The molecule has 29 heavy (non-hydrogen) atoms. The van der Waals surface area contributed by atoms with Crippen molar-refractivity contribution in [1.29, 1.82) is 0 Å². The van der Waals surface area contributed by atoms with Gasteiger partial charge < -0.3 is 10.4 Å². The molecule has 158 valence electrons.